The lowest BCUT2D eigenvalue weighted by atomic mass is 10.8. The highest BCUT2D eigenvalue weighted by atomic mass is 31.0. The summed E-state index contributed by atoms with van der Waals surface area (Å²) in [5.74, 6) is 0.654. The molecular formula is C2H4NOP. The van der Waals surface area contributed by atoms with Crippen LogP contribution in [0.3, 0.4) is 0 Å². The van der Waals surface area contributed by atoms with Gasteiger partial charge in [0, 0.05) is 5.80 Å². The van der Waals surface area contributed by atoms with Crippen molar-refractivity contribution in [2.24, 2.45) is 5.73 Å². The molecule has 0 aliphatic heterocycles. The van der Waals surface area contributed by atoms with Crippen molar-refractivity contribution in [1.29, 1.82) is 0 Å². The molecule has 0 aliphatic rings. The van der Waals surface area contributed by atoms with Crippen LogP contribution in [-0.2, 0) is 4.79 Å². The fraction of sp³-hybridized carbons (Fsp3) is 0. The smallest absolute Gasteiger partial charge is 0.245 e. The van der Waals surface area contributed by atoms with Crippen LogP contribution in [0.5, 0.6) is 0 Å². The van der Waals surface area contributed by atoms with E-state index < -0.39 is 5.91 Å². The van der Waals surface area contributed by atoms with Crippen LogP contribution in [-0.4, -0.2) is 11.7 Å². The average Bonchev–Trinajstić information content (AvgIpc) is 1.38. The second-order valence-corrected chi connectivity index (χ2v) is 0.835. The first-order valence-corrected chi connectivity index (χ1v) is 1.65. The number of primary amides is 1. The number of hydrogen-bond acceptors (Lipinski definition) is 1. The fourth-order valence-electron chi connectivity index (χ4n) is 0. The molecular weight excluding hydrogens is 85.0 g/mol. The van der Waals surface area contributed by atoms with E-state index in [0.29, 0.717) is 0 Å². The zero-order valence-corrected chi connectivity index (χ0v) is 3.56. The number of carbonyl (C=O) groups is 1. The van der Waals surface area contributed by atoms with Crippen LogP contribution in [0.4, 0.5) is 0 Å². The summed E-state index contributed by atoms with van der Waals surface area (Å²) in [6.45, 7) is 0. The molecule has 2 nitrogen and oxygen atoms in total. The molecule has 0 saturated heterocycles. The zero-order chi connectivity index (χ0) is 4.28. The van der Waals surface area contributed by atoms with Gasteiger partial charge in [0.05, 0.1) is 0 Å². The molecule has 0 unspecified atom stereocenters. The number of carbonyl (C=O) groups excluding carboxylic acids is 1. The summed E-state index contributed by atoms with van der Waals surface area (Å²) in [6, 6.07) is 0. The van der Waals surface area contributed by atoms with Crippen LogP contribution < -0.4 is 5.73 Å². The number of amides is 1. The molecule has 1 amide bonds. The molecule has 0 saturated carbocycles. The predicted molar refractivity (Wildman–Crippen MR) is 23.6 cm³/mol. The maximum atomic E-state index is 9.49. The van der Waals surface area contributed by atoms with Gasteiger partial charge in [-0.05, 0) is 0 Å². The summed E-state index contributed by atoms with van der Waals surface area (Å²) in [4.78, 5) is 9.49. The molecule has 2 N–H and O–H groups in total. The summed E-state index contributed by atoms with van der Waals surface area (Å²) >= 11 is 0. The SMILES string of the molecule is NC(=O)C=P. The van der Waals surface area contributed by atoms with Crippen LogP contribution in [0, 0.1) is 0 Å². The van der Waals surface area contributed by atoms with E-state index in [-0.39, 0.29) is 0 Å². The van der Waals surface area contributed by atoms with Gasteiger partial charge in [-0.15, -0.1) is 8.86 Å². The van der Waals surface area contributed by atoms with E-state index in [1.165, 1.54) is 0 Å². The molecule has 5 heavy (non-hydrogen) atoms. The van der Waals surface area contributed by atoms with Crippen molar-refractivity contribution in [2.75, 3.05) is 0 Å². The number of rotatable bonds is 1. The van der Waals surface area contributed by atoms with Crippen LogP contribution >= 0.6 is 8.86 Å². The lowest BCUT2D eigenvalue weighted by molar-refractivity contribution is -0.111. The molecule has 0 radical (unpaired) electrons. The fourth-order valence-corrected chi connectivity index (χ4v) is 0. The summed E-state index contributed by atoms with van der Waals surface area (Å²) in [5, 5.41) is 0. The summed E-state index contributed by atoms with van der Waals surface area (Å²) in [5.41, 5.74) is 4.55. The molecule has 0 fully saturated rings. The first kappa shape index (κ1) is 4.64. The van der Waals surface area contributed by atoms with E-state index in [4.69, 9.17) is 0 Å². The molecule has 0 heterocycles. The maximum absolute atomic E-state index is 9.49. The van der Waals surface area contributed by atoms with Crippen molar-refractivity contribution in [1.82, 2.24) is 0 Å². The number of nitrogens with two attached hydrogens (primary N) is 1. The van der Waals surface area contributed by atoms with Gasteiger partial charge in [0.2, 0.25) is 5.91 Å². The zero-order valence-electron chi connectivity index (χ0n) is 2.56. The molecule has 0 aromatic heterocycles. The molecule has 0 atom stereocenters. The Bertz CT molecular complexity index is 60.7. The standard InChI is InChI=1S/C2H4NOP/c3-2(4)1-5/h1,5H,(H2,3,4). The van der Waals surface area contributed by atoms with Crippen molar-refractivity contribution >= 4 is 20.6 Å². The second-order valence-electron chi connectivity index (χ2n) is 0.547. The minimum atomic E-state index is -0.457. The minimum absolute atomic E-state index is 0.457. The lowest BCUT2D eigenvalue weighted by Gasteiger charge is -1.64. The highest BCUT2D eigenvalue weighted by Gasteiger charge is 1.70. The second kappa shape index (κ2) is 1.91. The third-order valence-corrected chi connectivity index (χ3v) is 0.427. The van der Waals surface area contributed by atoms with Crippen LogP contribution in [0.2, 0.25) is 0 Å². The average molecular weight is 89.0 g/mol. The highest BCUT2D eigenvalue weighted by Crippen LogP contribution is 1.48. The van der Waals surface area contributed by atoms with Crippen LogP contribution in [0.25, 0.3) is 0 Å². The Hall–Kier alpha value is -0.360. The van der Waals surface area contributed by atoms with Crippen molar-refractivity contribution in [3.8, 4) is 0 Å². The molecule has 0 aromatic rings. The third kappa shape index (κ3) is 3.64. The largest absolute Gasteiger partial charge is 0.366 e. The van der Waals surface area contributed by atoms with Gasteiger partial charge in [0.25, 0.3) is 0 Å². The van der Waals surface area contributed by atoms with Gasteiger partial charge in [-0.3, -0.25) is 4.79 Å². The van der Waals surface area contributed by atoms with Crippen LogP contribution in [0.1, 0.15) is 0 Å². The molecule has 0 spiro atoms. The third-order valence-electron chi connectivity index (χ3n) is 0.142. The molecule has 28 valence electrons. The summed E-state index contributed by atoms with van der Waals surface area (Å²) in [6.07, 6.45) is 0. The van der Waals surface area contributed by atoms with Gasteiger partial charge < -0.3 is 5.73 Å². The molecule has 0 bridgehead atoms. The molecule has 3 heteroatoms. The molecule has 0 aliphatic carbocycles. The van der Waals surface area contributed by atoms with E-state index in [0.717, 1.165) is 5.80 Å². The van der Waals surface area contributed by atoms with Gasteiger partial charge in [-0.1, -0.05) is 0 Å². The van der Waals surface area contributed by atoms with Crippen molar-refractivity contribution in [3.63, 3.8) is 0 Å². The Balaban J connectivity index is 3.20. The summed E-state index contributed by atoms with van der Waals surface area (Å²) < 4.78 is 0. The topological polar surface area (TPSA) is 43.1 Å². The normalized spacial score (nSPS) is 6.40. The summed E-state index contributed by atoms with van der Waals surface area (Å²) in [7, 11) is 2.76. The lowest BCUT2D eigenvalue weighted by Crippen LogP contribution is -2.08. The van der Waals surface area contributed by atoms with E-state index in [2.05, 4.69) is 14.6 Å². The Labute approximate surface area is 32.2 Å². The van der Waals surface area contributed by atoms with Crippen molar-refractivity contribution in [3.05, 3.63) is 0 Å². The maximum Gasteiger partial charge on any atom is 0.245 e. The van der Waals surface area contributed by atoms with Gasteiger partial charge in [0.15, 0.2) is 0 Å². The van der Waals surface area contributed by atoms with Gasteiger partial charge in [-0.2, -0.15) is 0 Å². The van der Waals surface area contributed by atoms with E-state index in [1.807, 2.05) is 0 Å². The Morgan fingerprint density at radius 2 is 2.20 bits per heavy atom. The van der Waals surface area contributed by atoms with Crippen molar-refractivity contribution < 1.29 is 4.79 Å². The Morgan fingerprint density at radius 1 is 2.00 bits per heavy atom. The van der Waals surface area contributed by atoms with Gasteiger partial charge >= 0.3 is 0 Å². The van der Waals surface area contributed by atoms with Crippen molar-refractivity contribution in [2.45, 2.75) is 0 Å². The molecule has 0 aromatic carbocycles. The monoisotopic (exact) mass is 89.0 g/mol. The Morgan fingerprint density at radius 3 is 2.20 bits per heavy atom. The first-order chi connectivity index (χ1) is 2.27. The molecule has 0 rings (SSSR count). The predicted octanol–water partition coefficient (Wildman–Crippen LogP) is -0.583. The quantitative estimate of drug-likeness (QED) is 0.429. The first-order valence-electron chi connectivity index (χ1n) is 1.07. The van der Waals surface area contributed by atoms with E-state index in [1.54, 1.807) is 0 Å². The van der Waals surface area contributed by atoms with Crippen LogP contribution in [0.15, 0.2) is 0 Å². The van der Waals surface area contributed by atoms with Gasteiger partial charge in [-0.25, -0.2) is 0 Å². The van der Waals surface area contributed by atoms with Gasteiger partial charge in [0.1, 0.15) is 0 Å². The minimum Gasteiger partial charge on any atom is -0.366 e. The Kier molecular flexibility index (Phi) is 1.78. The number of hydrogen-bond donors (Lipinski definition) is 1. The highest BCUT2D eigenvalue weighted by molar-refractivity contribution is 7.22. The van der Waals surface area contributed by atoms with E-state index >= 15 is 0 Å². The van der Waals surface area contributed by atoms with E-state index in [9.17, 15) is 4.79 Å².